The molecule has 0 saturated heterocycles. The molecular weight excluding hydrogens is 376 g/mol. The van der Waals surface area contributed by atoms with Crippen LogP contribution >= 0.6 is 0 Å². The summed E-state index contributed by atoms with van der Waals surface area (Å²) < 4.78 is 17.4. The van der Waals surface area contributed by atoms with Crippen molar-refractivity contribution < 1.29 is 14.2 Å². The van der Waals surface area contributed by atoms with Gasteiger partial charge < -0.3 is 24.4 Å². The largest absolute Gasteiger partial charge is 0.496 e. The lowest BCUT2D eigenvalue weighted by atomic mass is 9.84. The summed E-state index contributed by atoms with van der Waals surface area (Å²) >= 11 is 0. The Morgan fingerprint density at radius 1 is 0.967 bits per heavy atom. The fraction of sp³-hybridized carbons (Fsp3) is 0.520. The first kappa shape index (κ1) is 22.4. The van der Waals surface area contributed by atoms with E-state index in [1.807, 2.05) is 0 Å². The predicted molar refractivity (Wildman–Crippen MR) is 122 cm³/mol. The zero-order valence-corrected chi connectivity index (χ0v) is 19.5. The summed E-state index contributed by atoms with van der Waals surface area (Å²) in [5, 5.41) is 3.74. The zero-order chi connectivity index (χ0) is 21.8. The van der Waals surface area contributed by atoms with E-state index in [0.717, 1.165) is 43.2 Å². The van der Waals surface area contributed by atoms with Gasteiger partial charge in [0.05, 0.1) is 26.9 Å². The maximum atomic E-state index is 6.15. The van der Waals surface area contributed by atoms with E-state index in [-0.39, 0.29) is 6.04 Å². The Balaban J connectivity index is 1.99. The highest BCUT2D eigenvalue weighted by Crippen LogP contribution is 2.41. The summed E-state index contributed by atoms with van der Waals surface area (Å²) in [6.07, 6.45) is 1.96. The highest BCUT2D eigenvalue weighted by atomic mass is 16.5. The molecule has 0 radical (unpaired) electrons. The van der Waals surface area contributed by atoms with Crippen molar-refractivity contribution in [2.75, 3.05) is 48.0 Å². The second-order valence-corrected chi connectivity index (χ2v) is 8.40. The minimum absolute atomic E-state index is 0.133. The van der Waals surface area contributed by atoms with Crippen LogP contribution in [-0.4, -0.2) is 52.9 Å². The quantitative estimate of drug-likeness (QED) is 0.659. The third kappa shape index (κ3) is 4.57. The van der Waals surface area contributed by atoms with Crippen LogP contribution in [0, 0.1) is 20.8 Å². The topological polar surface area (TPSA) is 43.0 Å². The van der Waals surface area contributed by atoms with Gasteiger partial charge in [0.2, 0.25) is 0 Å². The van der Waals surface area contributed by atoms with Gasteiger partial charge in [0, 0.05) is 13.1 Å². The lowest BCUT2D eigenvalue weighted by molar-refractivity contribution is 0.267. The van der Waals surface area contributed by atoms with Crippen molar-refractivity contribution >= 4 is 0 Å². The minimum Gasteiger partial charge on any atom is -0.496 e. The van der Waals surface area contributed by atoms with Gasteiger partial charge in [0.15, 0.2) is 11.5 Å². The number of hydrogen-bond acceptors (Lipinski definition) is 5. The molecule has 0 amide bonds. The number of methoxy groups -OCH3 is 2. The Labute approximate surface area is 181 Å². The van der Waals surface area contributed by atoms with Crippen LogP contribution in [0.4, 0.5) is 0 Å². The van der Waals surface area contributed by atoms with Gasteiger partial charge in [-0.15, -0.1) is 0 Å². The van der Waals surface area contributed by atoms with Gasteiger partial charge in [0.25, 0.3) is 0 Å². The number of nitrogens with zero attached hydrogens (tertiary/aromatic N) is 1. The first-order valence-corrected chi connectivity index (χ1v) is 10.7. The molecule has 1 N–H and O–H groups in total. The first-order chi connectivity index (χ1) is 14.4. The number of ether oxygens (including phenoxy) is 3. The van der Waals surface area contributed by atoms with Gasteiger partial charge in [-0.3, -0.25) is 0 Å². The van der Waals surface area contributed by atoms with Gasteiger partial charge in [0.1, 0.15) is 5.75 Å². The molecule has 2 aromatic carbocycles. The maximum absolute atomic E-state index is 6.15. The van der Waals surface area contributed by atoms with Crippen LogP contribution in [0.2, 0.25) is 0 Å². The van der Waals surface area contributed by atoms with Gasteiger partial charge in [-0.05, 0) is 99.3 Å². The normalized spacial score (nSPS) is 15.8. The molecule has 0 bridgehead atoms. The van der Waals surface area contributed by atoms with Crippen LogP contribution in [0.5, 0.6) is 17.2 Å². The van der Waals surface area contributed by atoms with Gasteiger partial charge in [-0.2, -0.15) is 0 Å². The van der Waals surface area contributed by atoms with Crippen molar-refractivity contribution in [2.24, 2.45) is 0 Å². The van der Waals surface area contributed by atoms with Crippen LogP contribution in [0.15, 0.2) is 18.2 Å². The lowest BCUT2D eigenvalue weighted by Crippen LogP contribution is -2.32. The average Bonchev–Trinajstić information content (AvgIpc) is 2.73. The van der Waals surface area contributed by atoms with Crippen LogP contribution in [-0.2, 0) is 6.42 Å². The van der Waals surface area contributed by atoms with Crippen LogP contribution < -0.4 is 19.5 Å². The molecule has 0 aliphatic carbocycles. The van der Waals surface area contributed by atoms with E-state index >= 15 is 0 Å². The van der Waals surface area contributed by atoms with Crippen molar-refractivity contribution in [1.82, 2.24) is 10.2 Å². The molecule has 1 unspecified atom stereocenters. The van der Waals surface area contributed by atoms with E-state index < -0.39 is 0 Å². The molecule has 0 spiro atoms. The predicted octanol–water partition coefficient (Wildman–Crippen LogP) is 4.19. The fourth-order valence-corrected chi connectivity index (χ4v) is 4.38. The van der Waals surface area contributed by atoms with Crippen LogP contribution in [0.1, 0.15) is 45.8 Å². The van der Waals surface area contributed by atoms with Crippen molar-refractivity contribution in [2.45, 2.75) is 39.7 Å². The molecule has 0 aromatic heterocycles. The molecule has 1 atom stereocenters. The van der Waals surface area contributed by atoms with Crippen molar-refractivity contribution in [3.8, 4) is 17.2 Å². The number of fused-ring (bicyclic) bond motifs is 1. The summed E-state index contributed by atoms with van der Waals surface area (Å²) in [5.74, 6) is 2.59. The van der Waals surface area contributed by atoms with E-state index in [1.165, 1.54) is 33.4 Å². The zero-order valence-electron chi connectivity index (χ0n) is 19.5. The van der Waals surface area contributed by atoms with E-state index in [1.54, 1.807) is 14.2 Å². The molecule has 0 fully saturated rings. The second-order valence-electron chi connectivity index (χ2n) is 8.40. The van der Waals surface area contributed by atoms with Gasteiger partial charge >= 0.3 is 0 Å². The van der Waals surface area contributed by atoms with Gasteiger partial charge in [-0.25, -0.2) is 0 Å². The third-order valence-corrected chi connectivity index (χ3v) is 6.10. The summed E-state index contributed by atoms with van der Waals surface area (Å²) in [7, 11) is 7.61. The Morgan fingerprint density at radius 2 is 1.70 bits per heavy atom. The fourth-order valence-electron chi connectivity index (χ4n) is 4.38. The summed E-state index contributed by atoms with van der Waals surface area (Å²) in [5.41, 5.74) is 7.65. The van der Waals surface area contributed by atoms with Crippen molar-refractivity contribution in [1.29, 1.82) is 0 Å². The van der Waals surface area contributed by atoms with E-state index in [2.05, 4.69) is 63.3 Å². The van der Waals surface area contributed by atoms with Crippen LogP contribution in [0.25, 0.3) is 0 Å². The molecule has 5 heteroatoms. The molecular formula is C25H36N2O3. The monoisotopic (exact) mass is 412 g/mol. The third-order valence-electron chi connectivity index (χ3n) is 6.10. The van der Waals surface area contributed by atoms with Gasteiger partial charge in [-0.1, -0.05) is 0 Å². The van der Waals surface area contributed by atoms with E-state index in [0.29, 0.717) is 6.61 Å². The summed E-state index contributed by atoms with van der Waals surface area (Å²) in [6, 6.07) is 6.62. The Bertz CT molecular complexity index is 893. The standard InChI is InChI=1S/C25H36N2O3/c1-16-13-21(28-6)17(2)18(3)24(16)25-20-15-23(30-12-8-11-27(4)5)22(29-7)14-19(20)9-10-26-25/h13-15,25-26H,8-12H2,1-7H3. The Hall–Kier alpha value is -2.24. The summed E-state index contributed by atoms with van der Waals surface area (Å²) in [4.78, 5) is 2.17. The van der Waals surface area contributed by atoms with E-state index in [4.69, 9.17) is 14.2 Å². The SMILES string of the molecule is COc1cc2c(cc1OCCCN(C)C)C(c1c(C)cc(OC)c(C)c1C)NCC2. The number of hydrogen-bond donors (Lipinski definition) is 1. The highest BCUT2D eigenvalue weighted by Gasteiger charge is 2.27. The highest BCUT2D eigenvalue weighted by molar-refractivity contribution is 5.56. The van der Waals surface area contributed by atoms with E-state index in [9.17, 15) is 0 Å². The average molecular weight is 413 g/mol. The number of rotatable bonds is 8. The number of aryl methyl sites for hydroxylation is 1. The Morgan fingerprint density at radius 3 is 2.37 bits per heavy atom. The first-order valence-electron chi connectivity index (χ1n) is 10.7. The molecule has 1 aliphatic heterocycles. The van der Waals surface area contributed by atoms with Crippen molar-refractivity contribution in [3.63, 3.8) is 0 Å². The number of nitrogens with one attached hydrogen (secondary N) is 1. The summed E-state index contributed by atoms with van der Waals surface area (Å²) in [6.45, 7) is 9.11. The molecule has 30 heavy (non-hydrogen) atoms. The Kier molecular flexibility index (Phi) is 7.27. The maximum Gasteiger partial charge on any atom is 0.161 e. The lowest BCUT2D eigenvalue weighted by Gasteiger charge is -2.31. The van der Waals surface area contributed by atoms with Crippen molar-refractivity contribution in [3.05, 3.63) is 51.6 Å². The second kappa shape index (κ2) is 9.71. The minimum atomic E-state index is 0.133. The molecule has 164 valence electrons. The molecule has 2 aromatic rings. The molecule has 1 heterocycles. The van der Waals surface area contributed by atoms with Crippen LogP contribution in [0.3, 0.4) is 0 Å². The molecule has 0 saturated carbocycles. The molecule has 1 aliphatic rings. The smallest absolute Gasteiger partial charge is 0.161 e. The molecule has 5 nitrogen and oxygen atoms in total. The number of benzene rings is 2. The molecule has 3 rings (SSSR count).